The number of para-hydroxylation sites is 1. The molecule has 5 aromatic rings. The van der Waals surface area contributed by atoms with Crippen LogP contribution in [0, 0.1) is 13.8 Å². The third-order valence-corrected chi connectivity index (χ3v) is 7.02. The summed E-state index contributed by atoms with van der Waals surface area (Å²) in [6.07, 6.45) is 0. The van der Waals surface area contributed by atoms with Crippen molar-refractivity contribution in [3.63, 3.8) is 0 Å². The Morgan fingerprint density at radius 2 is 1.47 bits per heavy atom. The number of nitrogens with zero attached hydrogens (tertiary/aromatic N) is 2. The van der Waals surface area contributed by atoms with Crippen molar-refractivity contribution in [2.45, 2.75) is 53.3 Å². The van der Waals surface area contributed by atoms with Gasteiger partial charge in [0, 0.05) is 18.0 Å². The molecule has 5 rings (SSSR count). The molecule has 0 atom stereocenters. The van der Waals surface area contributed by atoms with Crippen molar-refractivity contribution < 1.29 is 11.4 Å². The van der Waals surface area contributed by atoms with E-state index in [1.807, 2.05) is 84.1 Å². The number of rotatable bonds is 5. The molecule has 36 heavy (non-hydrogen) atoms. The van der Waals surface area contributed by atoms with Gasteiger partial charge in [-0.15, -0.1) is 0 Å². The zero-order valence-electron chi connectivity index (χ0n) is 27.0. The van der Waals surface area contributed by atoms with Crippen molar-refractivity contribution in [2.75, 3.05) is 0 Å². The minimum Gasteiger partial charge on any atom is -0.225 e. The van der Waals surface area contributed by atoms with Gasteiger partial charge in [0.25, 0.3) is 5.82 Å². The summed E-state index contributed by atoms with van der Waals surface area (Å²) in [4.78, 5) is 0. The van der Waals surface area contributed by atoms with E-state index in [4.69, 9.17) is 6.85 Å². The highest BCUT2D eigenvalue weighted by molar-refractivity contribution is 5.85. The molecule has 2 nitrogen and oxygen atoms in total. The number of aromatic nitrogens is 2. The van der Waals surface area contributed by atoms with Gasteiger partial charge in [0.2, 0.25) is 0 Å². The van der Waals surface area contributed by atoms with E-state index in [1.165, 1.54) is 0 Å². The van der Waals surface area contributed by atoms with Crippen molar-refractivity contribution in [3.05, 3.63) is 107 Å². The molecular weight excluding hydrogens is 436 g/mol. The maximum atomic E-state index is 9.13. The average Bonchev–Trinajstić information content (AvgIpc) is 3.18. The maximum absolute atomic E-state index is 9.13. The first-order chi connectivity index (χ1) is 19.1. The lowest BCUT2D eigenvalue weighted by Gasteiger charge is -2.18. The lowest BCUT2D eigenvalue weighted by atomic mass is 9.92. The first-order valence-corrected chi connectivity index (χ1v) is 12.4. The van der Waals surface area contributed by atoms with Crippen LogP contribution >= 0.6 is 0 Å². The van der Waals surface area contributed by atoms with Crippen molar-refractivity contribution in [1.29, 1.82) is 0 Å². The molecule has 0 aliphatic heterocycles. The zero-order chi connectivity index (χ0) is 29.9. The molecule has 2 heteroatoms. The van der Waals surface area contributed by atoms with Gasteiger partial charge in [0.05, 0.1) is 12.6 Å². The molecular formula is C34H37N2+. The second kappa shape index (κ2) is 9.43. The second-order valence-corrected chi connectivity index (χ2v) is 10.0. The van der Waals surface area contributed by atoms with Gasteiger partial charge in [-0.2, -0.15) is 4.57 Å². The monoisotopic (exact) mass is 478 g/mol. The fourth-order valence-corrected chi connectivity index (χ4v) is 5.21. The first kappa shape index (κ1) is 18.6. The molecule has 0 radical (unpaired) electrons. The van der Waals surface area contributed by atoms with E-state index in [1.54, 1.807) is 12.1 Å². The lowest BCUT2D eigenvalue weighted by Crippen LogP contribution is -2.30. The van der Waals surface area contributed by atoms with Gasteiger partial charge in [-0.25, -0.2) is 4.57 Å². The lowest BCUT2D eigenvalue weighted by molar-refractivity contribution is -0.633. The predicted molar refractivity (Wildman–Crippen MR) is 153 cm³/mol. The van der Waals surface area contributed by atoms with Crippen LogP contribution in [0.1, 0.15) is 68.6 Å². The van der Waals surface area contributed by atoms with E-state index < -0.39 is 18.6 Å². The molecule has 0 aliphatic carbocycles. The minimum absolute atomic E-state index is 0.302. The number of hydrogen-bond donors (Lipinski definition) is 0. The van der Waals surface area contributed by atoms with Crippen LogP contribution in [-0.2, 0) is 7.05 Å². The van der Waals surface area contributed by atoms with Crippen molar-refractivity contribution >= 4 is 11.0 Å². The summed E-state index contributed by atoms with van der Waals surface area (Å²) < 4.78 is 46.4. The average molecular weight is 479 g/mol. The van der Waals surface area contributed by atoms with Crippen LogP contribution in [0.2, 0.25) is 0 Å². The summed E-state index contributed by atoms with van der Waals surface area (Å²) in [5.41, 5.74) is 8.59. The Hall–Kier alpha value is -3.65. The fraction of sp³-hybridized carbons (Fsp3) is 0.265. The van der Waals surface area contributed by atoms with Gasteiger partial charge in [0.15, 0.2) is 11.0 Å². The zero-order valence-corrected chi connectivity index (χ0v) is 22.0. The Kier molecular flexibility index (Phi) is 4.87. The molecule has 0 N–H and O–H groups in total. The van der Waals surface area contributed by atoms with Gasteiger partial charge in [-0.1, -0.05) is 93.9 Å². The molecule has 0 amide bonds. The van der Waals surface area contributed by atoms with E-state index >= 15 is 0 Å². The van der Waals surface area contributed by atoms with Crippen LogP contribution in [0.4, 0.5) is 0 Å². The Balaban J connectivity index is 1.97. The molecule has 0 bridgehead atoms. The molecule has 4 aromatic carbocycles. The normalized spacial score (nSPS) is 14.7. The Morgan fingerprint density at radius 1 is 0.778 bits per heavy atom. The first-order valence-electron chi connectivity index (χ1n) is 14.9. The summed E-state index contributed by atoms with van der Waals surface area (Å²) in [5, 5.41) is 0. The van der Waals surface area contributed by atoms with Crippen molar-refractivity contribution in [2.24, 2.45) is 7.05 Å². The number of hydrogen-bond acceptors (Lipinski definition) is 0. The summed E-state index contributed by atoms with van der Waals surface area (Å²) in [7, 11) is 2.02. The fourth-order valence-electron chi connectivity index (χ4n) is 5.21. The molecule has 0 spiro atoms. The van der Waals surface area contributed by atoms with Gasteiger partial charge in [-0.05, 0) is 66.5 Å². The van der Waals surface area contributed by atoms with E-state index in [-0.39, 0.29) is 0 Å². The summed E-state index contributed by atoms with van der Waals surface area (Å²) >= 11 is 0. The van der Waals surface area contributed by atoms with Crippen molar-refractivity contribution in [3.8, 4) is 28.2 Å². The van der Waals surface area contributed by atoms with Crippen molar-refractivity contribution in [1.82, 2.24) is 4.57 Å². The van der Waals surface area contributed by atoms with Crippen LogP contribution in [0.15, 0.2) is 84.9 Å². The van der Waals surface area contributed by atoms with Gasteiger partial charge in [0.1, 0.15) is 5.69 Å². The molecule has 0 saturated carbocycles. The largest absolute Gasteiger partial charge is 0.295 e. The number of fused-ring (bicyclic) bond motifs is 1. The molecule has 182 valence electrons. The molecule has 0 aliphatic rings. The third kappa shape index (κ3) is 4.05. The molecule has 0 unspecified atom stereocenters. The van der Waals surface area contributed by atoms with Crippen LogP contribution in [0.5, 0.6) is 0 Å². The van der Waals surface area contributed by atoms with E-state index in [9.17, 15) is 0 Å². The van der Waals surface area contributed by atoms with E-state index in [0.717, 1.165) is 55.9 Å². The summed E-state index contributed by atoms with van der Waals surface area (Å²) in [6, 6.07) is 27.9. The van der Waals surface area contributed by atoms with Crippen LogP contribution < -0.4 is 4.57 Å². The minimum atomic E-state index is -2.20. The highest BCUT2D eigenvalue weighted by Gasteiger charge is 2.31. The number of aryl methyl sites for hydroxylation is 3. The maximum Gasteiger partial charge on any atom is 0.295 e. The molecule has 1 aromatic heterocycles. The SMILES string of the molecule is [2H]C([2H])([2H])c1ccc(-c2n(-c3c(C([2H])(C)C)cccc3C([2H])(C)C)c3cc(-c4ccccc4)ccc3[n+]2C)c(C)c1. The Labute approximate surface area is 222 Å². The topological polar surface area (TPSA) is 8.81 Å². The number of imidazole rings is 1. The molecule has 0 fully saturated rings. The van der Waals surface area contributed by atoms with Gasteiger partial charge < -0.3 is 0 Å². The summed E-state index contributed by atoms with van der Waals surface area (Å²) in [6.45, 7) is 7.26. The van der Waals surface area contributed by atoms with E-state index in [0.29, 0.717) is 5.56 Å². The third-order valence-electron chi connectivity index (χ3n) is 7.02. The second-order valence-electron chi connectivity index (χ2n) is 10.0. The van der Waals surface area contributed by atoms with Gasteiger partial charge >= 0.3 is 0 Å². The van der Waals surface area contributed by atoms with Crippen LogP contribution in [-0.4, -0.2) is 4.57 Å². The Bertz CT molecular complexity index is 1720. The summed E-state index contributed by atoms with van der Waals surface area (Å²) in [5.74, 6) is -1.03. The predicted octanol–water partition coefficient (Wildman–Crippen LogP) is 8.65. The Morgan fingerprint density at radius 3 is 2.08 bits per heavy atom. The number of benzene rings is 4. The van der Waals surface area contributed by atoms with Crippen LogP contribution in [0.25, 0.3) is 39.2 Å². The van der Waals surface area contributed by atoms with E-state index in [2.05, 4.69) is 39.5 Å². The molecule has 1 heterocycles. The quantitative estimate of drug-likeness (QED) is 0.223. The van der Waals surface area contributed by atoms with Gasteiger partial charge in [-0.3, -0.25) is 0 Å². The highest BCUT2D eigenvalue weighted by Crippen LogP contribution is 2.38. The molecule has 0 saturated heterocycles. The smallest absolute Gasteiger partial charge is 0.225 e. The standard InChI is InChI=1S/C34H37N2/c1-22(2)28-14-11-15-29(23(3)4)33(28)36-32-21-27(26-12-9-8-10-13-26)17-19-31(32)35(7)34(36)30-18-16-24(5)20-25(30)6/h8-23H,1-7H3/q+1/i5D3,22D,23D. The van der Waals surface area contributed by atoms with Crippen LogP contribution in [0.3, 0.4) is 0 Å². The highest BCUT2D eigenvalue weighted by atomic mass is 15.2.